The van der Waals surface area contributed by atoms with Gasteiger partial charge in [-0.1, -0.05) is 12.1 Å². The quantitative estimate of drug-likeness (QED) is 0.349. The minimum absolute atomic E-state index is 0.0445. The minimum Gasteiger partial charge on any atom is -0.489 e. The fraction of sp³-hybridized carbons (Fsp3) is 0.176. The van der Waals surface area contributed by atoms with Crippen molar-refractivity contribution in [3.8, 4) is 5.75 Å². The Morgan fingerprint density at radius 1 is 1.12 bits per heavy atom. The smallest absolute Gasteiger partial charge is 0.338 e. The zero-order valence-electron chi connectivity index (χ0n) is 13.1. The molecule has 0 aromatic heterocycles. The Kier molecular flexibility index (Phi) is 5.26. The van der Waals surface area contributed by atoms with Crippen LogP contribution in [0.5, 0.6) is 5.75 Å². The van der Waals surface area contributed by atoms with Gasteiger partial charge in [-0.05, 0) is 31.2 Å². The van der Waals surface area contributed by atoms with Crippen LogP contribution in [0.3, 0.4) is 0 Å². The Labute approximate surface area is 138 Å². The SMILES string of the molecule is COC(=O)c1cc(OCc2ccccc2[N+](=O)[O-])ccc1C(C)=O. The van der Waals surface area contributed by atoms with Gasteiger partial charge in [-0.15, -0.1) is 0 Å². The van der Waals surface area contributed by atoms with E-state index in [1.165, 1.54) is 38.3 Å². The van der Waals surface area contributed by atoms with Gasteiger partial charge in [-0.25, -0.2) is 4.79 Å². The number of esters is 1. The minimum atomic E-state index is -0.656. The van der Waals surface area contributed by atoms with Gasteiger partial charge in [0.1, 0.15) is 12.4 Å². The Hall–Kier alpha value is -3.22. The summed E-state index contributed by atoms with van der Waals surface area (Å²) in [6.45, 7) is 1.30. The van der Waals surface area contributed by atoms with Crippen LogP contribution in [0.1, 0.15) is 33.2 Å². The highest BCUT2D eigenvalue weighted by Crippen LogP contribution is 2.23. The van der Waals surface area contributed by atoms with E-state index in [2.05, 4.69) is 4.74 Å². The molecule has 0 saturated heterocycles. The van der Waals surface area contributed by atoms with Crippen LogP contribution in [0.2, 0.25) is 0 Å². The van der Waals surface area contributed by atoms with Gasteiger partial charge in [0.15, 0.2) is 5.78 Å². The third-order valence-corrected chi connectivity index (χ3v) is 3.36. The highest BCUT2D eigenvalue weighted by molar-refractivity contribution is 6.05. The number of nitro groups is 1. The summed E-state index contributed by atoms with van der Waals surface area (Å²) < 4.78 is 10.2. The molecule has 0 fully saturated rings. The lowest BCUT2D eigenvalue weighted by Crippen LogP contribution is -2.09. The molecule has 0 aliphatic carbocycles. The lowest BCUT2D eigenvalue weighted by Gasteiger charge is -2.10. The lowest BCUT2D eigenvalue weighted by atomic mass is 10.0. The molecule has 0 aliphatic rings. The monoisotopic (exact) mass is 329 g/mol. The molecule has 24 heavy (non-hydrogen) atoms. The summed E-state index contributed by atoms with van der Waals surface area (Å²) in [5.41, 5.74) is 0.661. The van der Waals surface area contributed by atoms with Crippen molar-refractivity contribution in [1.29, 1.82) is 0 Å². The average Bonchev–Trinajstić information content (AvgIpc) is 2.59. The van der Waals surface area contributed by atoms with E-state index in [0.29, 0.717) is 11.3 Å². The van der Waals surface area contributed by atoms with E-state index in [1.807, 2.05) is 0 Å². The van der Waals surface area contributed by atoms with E-state index in [9.17, 15) is 19.7 Å². The molecule has 0 amide bonds. The predicted octanol–water partition coefficient (Wildman–Crippen LogP) is 3.16. The van der Waals surface area contributed by atoms with Crippen LogP contribution < -0.4 is 4.74 Å². The summed E-state index contributed by atoms with van der Waals surface area (Å²) in [5, 5.41) is 11.0. The van der Waals surface area contributed by atoms with Crippen molar-refractivity contribution < 1.29 is 24.0 Å². The molecule has 0 aliphatic heterocycles. The van der Waals surface area contributed by atoms with Gasteiger partial charge in [0.2, 0.25) is 0 Å². The number of Topliss-reactive ketones (excluding diaryl/α,β-unsaturated/α-hetero) is 1. The summed E-state index contributed by atoms with van der Waals surface area (Å²) in [6, 6.07) is 10.6. The van der Waals surface area contributed by atoms with Crippen molar-refractivity contribution in [2.75, 3.05) is 7.11 Å². The van der Waals surface area contributed by atoms with Crippen molar-refractivity contribution >= 4 is 17.4 Å². The molecule has 0 atom stereocenters. The van der Waals surface area contributed by atoms with E-state index in [-0.39, 0.29) is 29.2 Å². The van der Waals surface area contributed by atoms with Crippen LogP contribution in [-0.2, 0) is 11.3 Å². The van der Waals surface area contributed by atoms with Crippen LogP contribution >= 0.6 is 0 Å². The van der Waals surface area contributed by atoms with Gasteiger partial charge in [-0.3, -0.25) is 14.9 Å². The number of ether oxygens (including phenoxy) is 2. The molecule has 0 N–H and O–H groups in total. The third-order valence-electron chi connectivity index (χ3n) is 3.36. The second kappa shape index (κ2) is 7.36. The zero-order valence-corrected chi connectivity index (χ0v) is 13.1. The molecule has 7 heteroatoms. The average molecular weight is 329 g/mol. The topological polar surface area (TPSA) is 95.7 Å². The van der Waals surface area contributed by atoms with Crippen LogP contribution in [0.4, 0.5) is 5.69 Å². The van der Waals surface area contributed by atoms with Crippen LogP contribution in [-0.4, -0.2) is 23.8 Å². The molecular weight excluding hydrogens is 314 g/mol. The van der Waals surface area contributed by atoms with Crippen molar-refractivity contribution in [3.05, 3.63) is 69.3 Å². The number of nitro benzene ring substituents is 1. The summed E-state index contributed by atoms with van der Waals surface area (Å²) in [6.07, 6.45) is 0. The molecular formula is C17H15NO6. The number of hydrogen-bond acceptors (Lipinski definition) is 6. The maximum Gasteiger partial charge on any atom is 0.338 e. The highest BCUT2D eigenvalue weighted by Gasteiger charge is 2.17. The third kappa shape index (κ3) is 3.75. The Morgan fingerprint density at radius 2 is 1.83 bits per heavy atom. The number of ketones is 1. The number of para-hydroxylation sites is 1. The number of carbonyl (C=O) groups excluding carboxylic acids is 2. The first-order valence-electron chi connectivity index (χ1n) is 7.02. The van der Waals surface area contributed by atoms with Gasteiger partial charge in [0.05, 0.1) is 23.2 Å². The van der Waals surface area contributed by atoms with Crippen LogP contribution in [0, 0.1) is 10.1 Å². The van der Waals surface area contributed by atoms with Crippen molar-refractivity contribution in [2.24, 2.45) is 0 Å². The van der Waals surface area contributed by atoms with Gasteiger partial charge in [0.25, 0.3) is 5.69 Å². The number of benzene rings is 2. The maximum atomic E-state index is 11.8. The van der Waals surface area contributed by atoms with E-state index in [1.54, 1.807) is 18.2 Å². The van der Waals surface area contributed by atoms with E-state index in [4.69, 9.17) is 4.74 Å². The molecule has 2 rings (SSSR count). The molecule has 7 nitrogen and oxygen atoms in total. The van der Waals surface area contributed by atoms with Crippen molar-refractivity contribution in [3.63, 3.8) is 0 Å². The first-order valence-corrected chi connectivity index (χ1v) is 7.02. The number of hydrogen-bond donors (Lipinski definition) is 0. The first-order chi connectivity index (χ1) is 11.4. The molecule has 0 spiro atoms. The maximum absolute atomic E-state index is 11.8. The van der Waals surface area contributed by atoms with E-state index >= 15 is 0 Å². The largest absolute Gasteiger partial charge is 0.489 e. The fourth-order valence-electron chi connectivity index (χ4n) is 2.17. The van der Waals surface area contributed by atoms with Gasteiger partial charge in [-0.2, -0.15) is 0 Å². The first kappa shape index (κ1) is 17.1. The zero-order chi connectivity index (χ0) is 17.7. The molecule has 0 saturated carbocycles. The molecule has 0 radical (unpaired) electrons. The standard InChI is InChI=1S/C17H15NO6/c1-11(19)14-8-7-13(9-15(14)17(20)23-2)24-10-12-5-3-4-6-16(12)18(21)22/h3-9H,10H2,1-2H3. The normalized spacial score (nSPS) is 10.1. The Bertz CT molecular complexity index is 799. The molecule has 2 aromatic carbocycles. The van der Waals surface area contributed by atoms with Gasteiger partial charge >= 0.3 is 5.97 Å². The lowest BCUT2D eigenvalue weighted by molar-refractivity contribution is -0.385. The second-order valence-corrected chi connectivity index (χ2v) is 4.93. The molecule has 2 aromatic rings. The number of nitrogens with zero attached hydrogens (tertiary/aromatic N) is 1. The van der Waals surface area contributed by atoms with E-state index in [0.717, 1.165) is 0 Å². The molecule has 0 heterocycles. The van der Waals surface area contributed by atoms with Crippen LogP contribution in [0.15, 0.2) is 42.5 Å². The number of methoxy groups -OCH3 is 1. The fourth-order valence-corrected chi connectivity index (χ4v) is 2.17. The van der Waals surface area contributed by atoms with Crippen molar-refractivity contribution in [2.45, 2.75) is 13.5 Å². The molecule has 0 bridgehead atoms. The Morgan fingerprint density at radius 3 is 2.46 bits per heavy atom. The van der Waals surface area contributed by atoms with E-state index < -0.39 is 10.9 Å². The summed E-state index contributed by atoms with van der Waals surface area (Å²) in [7, 11) is 1.22. The molecule has 0 unspecified atom stereocenters. The molecule has 124 valence electrons. The number of carbonyl (C=O) groups is 2. The van der Waals surface area contributed by atoms with Crippen LogP contribution in [0.25, 0.3) is 0 Å². The predicted molar refractivity (Wildman–Crippen MR) is 85.2 cm³/mol. The Balaban J connectivity index is 2.27. The second-order valence-electron chi connectivity index (χ2n) is 4.93. The summed E-state index contributed by atoms with van der Waals surface area (Å²) in [5.74, 6) is -0.629. The summed E-state index contributed by atoms with van der Waals surface area (Å²) in [4.78, 5) is 33.9. The number of rotatable bonds is 6. The van der Waals surface area contributed by atoms with Gasteiger partial charge < -0.3 is 9.47 Å². The highest BCUT2D eigenvalue weighted by atomic mass is 16.6. The van der Waals surface area contributed by atoms with Gasteiger partial charge in [0, 0.05) is 11.6 Å². The summed E-state index contributed by atoms with van der Waals surface area (Å²) >= 11 is 0. The van der Waals surface area contributed by atoms with Crippen molar-refractivity contribution in [1.82, 2.24) is 0 Å².